The Kier molecular flexibility index (Phi) is 3.60. The highest BCUT2D eigenvalue weighted by Gasteiger charge is 2.21. The minimum absolute atomic E-state index is 0.383. The van der Waals surface area contributed by atoms with Crippen molar-refractivity contribution in [2.45, 2.75) is 44.8 Å². The second-order valence-electron chi connectivity index (χ2n) is 3.45. The zero-order chi connectivity index (χ0) is 8.97. The SMILES string of the molecule is C=C(C)OC1CCC(OC)CC1. The molecular weight excluding hydrogens is 152 g/mol. The van der Waals surface area contributed by atoms with Crippen molar-refractivity contribution in [1.82, 2.24) is 0 Å². The van der Waals surface area contributed by atoms with Crippen molar-refractivity contribution in [2.75, 3.05) is 7.11 Å². The van der Waals surface area contributed by atoms with E-state index in [-0.39, 0.29) is 0 Å². The molecule has 0 radical (unpaired) electrons. The summed E-state index contributed by atoms with van der Waals surface area (Å²) in [5.74, 6) is 0.830. The van der Waals surface area contributed by atoms with Gasteiger partial charge in [-0.05, 0) is 32.6 Å². The summed E-state index contributed by atoms with van der Waals surface area (Å²) in [6.45, 7) is 5.64. The minimum atomic E-state index is 0.383. The summed E-state index contributed by atoms with van der Waals surface area (Å²) in [6.07, 6.45) is 5.28. The molecule has 1 aliphatic carbocycles. The van der Waals surface area contributed by atoms with Crippen LogP contribution in [0.15, 0.2) is 12.3 Å². The predicted octanol–water partition coefficient (Wildman–Crippen LogP) is 2.49. The first kappa shape index (κ1) is 9.59. The lowest BCUT2D eigenvalue weighted by Gasteiger charge is -2.28. The van der Waals surface area contributed by atoms with E-state index in [1.807, 2.05) is 6.92 Å². The van der Waals surface area contributed by atoms with E-state index in [9.17, 15) is 0 Å². The van der Waals surface area contributed by atoms with Crippen LogP contribution in [-0.4, -0.2) is 19.3 Å². The van der Waals surface area contributed by atoms with Gasteiger partial charge in [0.05, 0.1) is 18.0 Å². The normalized spacial score (nSPS) is 29.8. The largest absolute Gasteiger partial charge is 0.496 e. The fraction of sp³-hybridized carbons (Fsp3) is 0.800. The van der Waals surface area contributed by atoms with Crippen LogP contribution >= 0.6 is 0 Å². The van der Waals surface area contributed by atoms with Crippen LogP contribution in [0.3, 0.4) is 0 Å². The monoisotopic (exact) mass is 170 g/mol. The Hall–Kier alpha value is -0.500. The topological polar surface area (TPSA) is 18.5 Å². The minimum Gasteiger partial charge on any atom is -0.496 e. The maximum absolute atomic E-state index is 5.53. The maximum Gasteiger partial charge on any atom is 0.0984 e. The van der Waals surface area contributed by atoms with Crippen LogP contribution in [0.25, 0.3) is 0 Å². The number of rotatable bonds is 3. The van der Waals surface area contributed by atoms with E-state index in [1.165, 1.54) is 0 Å². The summed E-state index contributed by atoms with van der Waals surface area (Å²) in [4.78, 5) is 0. The van der Waals surface area contributed by atoms with Crippen molar-refractivity contribution >= 4 is 0 Å². The molecule has 0 bridgehead atoms. The highest BCUT2D eigenvalue weighted by Crippen LogP contribution is 2.23. The molecule has 1 aliphatic rings. The first-order valence-corrected chi connectivity index (χ1v) is 4.57. The Bertz CT molecular complexity index is 146. The van der Waals surface area contributed by atoms with Crippen LogP contribution in [0.2, 0.25) is 0 Å². The third kappa shape index (κ3) is 2.86. The highest BCUT2D eigenvalue weighted by molar-refractivity contribution is 4.80. The van der Waals surface area contributed by atoms with Gasteiger partial charge in [0.25, 0.3) is 0 Å². The Balaban J connectivity index is 2.21. The maximum atomic E-state index is 5.53. The third-order valence-corrected chi connectivity index (χ3v) is 2.32. The number of ether oxygens (including phenoxy) is 2. The summed E-state index contributed by atoms with van der Waals surface area (Å²) in [5, 5.41) is 0. The Morgan fingerprint density at radius 3 is 2.08 bits per heavy atom. The van der Waals surface area contributed by atoms with E-state index in [0.717, 1.165) is 31.4 Å². The average Bonchev–Trinajstić information content (AvgIpc) is 2.05. The van der Waals surface area contributed by atoms with E-state index < -0.39 is 0 Å². The van der Waals surface area contributed by atoms with Gasteiger partial charge >= 0.3 is 0 Å². The molecule has 0 atom stereocenters. The van der Waals surface area contributed by atoms with Gasteiger partial charge in [-0.3, -0.25) is 0 Å². The van der Waals surface area contributed by atoms with Crippen molar-refractivity contribution in [3.05, 3.63) is 12.3 Å². The van der Waals surface area contributed by atoms with Crippen LogP contribution in [-0.2, 0) is 9.47 Å². The molecule has 0 aliphatic heterocycles. The Labute approximate surface area is 74.6 Å². The lowest BCUT2D eigenvalue weighted by Crippen LogP contribution is -2.25. The summed E-state index contributed by atoms with van der Waals surface area (Å²) in [5.41, 5.74) is 0. The molecule has 2 heteroatoms. The summed E-state index contributed by atoms with van der Waals surface area (Å²) in [7, 11) is 1.78. The highest BCUT2D eigenvalue weighted by atomic mass is 16.5. The molecule has 1 rings (SSSR count). The lowest BCUT2D eigenvalue weighted by molar-refractivity contribution is 0.0105. The van der Waals surface area contributed by atoms with Crippen LogP contribution in [0.5, 0.6) is 0 Å². The first-order chi connectivity index (χ1) is 5.72. The van der Waals surface area contributed by atoms with Gasteiger partial charge in [0, 0.05) is 7.11 Å². The molecule has 0 aromatic carbocycles. The first-order valence-electron chi connectivity index (χ1n) is 4.57. The van der Waals surface area contributed by atoms with Crippen molar-refractivity contribution < 1.29 is 9.47 Å². The molecule has 0 heterocycles. The summed E-state index contributed by atoms with van der Waals surface area (Å²) < 4.78 is 10.8. The van der Waals surface area contributed by atoms with Crippen LogP contribution in [0.1, 0.15) is 32.6 Å². The van der Waals surface area contributed by atoms with Gasteiger partial charge in [0.1, 0.15) is 0 Å². The number of hydrogen-bond donors (Lipinski definition) is 0. The fourth-order valence-electron chi connectivity index (χ4n) is 1.67. The third-order valence-electron chi connectivity index (χ3n) is 2.32. The van der Waals surface area contributed by atoms with Gasteiger partial charge < -0.3 is 9.47 Å². The molecule has 1 saturated carbocycles. The zero-order valence-corrected chi connectivity index (χ0v) is 8.01. The predicted molar refractivity (Wildman–Crippen MR) is 49.0 cm³/mol. The van der Waals surface area contributed by atoms with Gasteiger partial charge in [0.15, 0.2) is 0 Å². The average molecular weight is 170 g/mol. The standard InChI is InChI=1S/C10H18O2/c1-8(2)12-10-6-4-9(11-3)5-7-10/h9-10H,1,4-7H2,2-3H3. The smallest absolute Gasteiger partial charge is 0.0984 e. The van der Waals surface area contributed by atoms with Gasteiger partial charge in [0.2, 0.25) is 0 Å². The molecular formula is C10H18O2. The van der Waals surface area contributed by atoms with E-state index >= 15 is 0 Å². The molecule has 0 aromatic rings. The van der Waals surface area contributed by atoms with Crippen LogP contribution in [0.4, 0.5) is 0 Å². The number of allylic oxidation sites excluding steroid dienone is 1. The second-order valence-corrected chi connectivity index (χ2v) is 3.45. The molecule has 0 saturated heterocycles. The van der Waals surface area contributed by atoms with Crippen molar-refractivity contribution in [3.63, 3.8) is 0 Å². The van der Waals surface area contributed by atoms with Gasteiger partial charge in [-0.25, -0.2) is 0 Å². The molecule has 2 nitrogen and oxygen atoms in total. The van der Waals surface area contributed by atoms with Crippen LogP contribution in [0, 0.1) is 0 Å². The van der Waals surface area contributed by atoms with Gasteiger partial charge in [-0.15, -0.1) is 0 Å². The number of hydrogen-bond acceptors (Lipinski definition) is 2. The van der Waals surface area contributed by atoms with Crippen molar-refractivity contribution in [2.24, 2.45) is 0 Å². The van der Waals surface area contributed by atoms with E-state index in [4.69, 9.17) is 9.47 Å². The van der Waals surface area contributed by atoms with Crippen LogP contribution < -0.4 is 0 Å². The molecule has 1 fully saturated rings. The summed E-state index contributed by atoms with van der Waals surface area (Å²) in [6, 6.07) is 0. The second kappa shape index (κ2) is 4.51. The Morgan fingerprint density at radius 2 is 1.67 bits per heavy atom. The molecule has 0 aromatic heterocycles. The van der Waals surface area contributed by atoms with E-state index in [2.05, 4.69) is 6.58 Å². The molecule has 70 valence electrons. The lowest BCUT2D eigenvalue weighted by atomic mass is 9.95. The molecule has 0 amide bonds. The zero-order valence-electron chi connectivity index (χ0n) is 8.01. The molecule has 12 heavy (non-hydrogen) atoms. The van der Waals surface area contributed by atoms with E-state index in [1.54, 1.807) is 7.11 Å². The molecule has 0 unspecified atom stereocenters. The number of methoxy groups -OCH3 is 1. The van der Waals surface area contributed by atoms with Gasteiger partial charge in [-0.1, -0.05) is 6.58 Å². The van der Waals surface area contributed by atoms with Crippen molar-refractivity contribution in [1.29, 1.82) is 0 Å². The van der Waals surface area contributed by atoms with E-state index in [0.29, 0.717) is 12.2 Å². The summed E-state index contributed by atoms with van der Waals surface area (Å²) >= 11 is 0. The van der Waals surface area contributed by atoms with Gasteiger partial charge in [-0.2, -0.15) is 0 Å². The molecule has 0 spiro atoms. The quantitative estimate of drug-likeness (QED) is 0.606. The van der Waals surface area contributed by atoms with Crippen molar-refractivity contribution in [3.8, 4) is 0 Å². The molecule has 0 N–H and O–H groups in total. The fourth-order valence-corrected chi connectivity index (χ4v) is 1.67. The Morgan fingerprint density at radius 1 is 1.17 bits per heavy atom.